The van der Waals surface area contributed by atoms with Crippen LogP contribution < -0.4 is 5.32 Å². The highest BCUT2D eigenvalue weighted by Gasteiger charge is 2.18. The molecule has 0 aliphatic carbocycles. The van der Waals surface area contributed by atoms with Crippen LogP contribution in [0.2, 0.25) is 0 Å². The Labute approximate surface area is 113 Å². The van der Waals surface area contributed by atoms with Crippen LogP contribution in [0.1, 0.15) is 28.4 Å². The Kier molecular flexibility index (Phi) is 5.69. The van der Waals surface area contributed by atoms with Crippen LogP contribution in [0.3, 0.4) is 0 Å². The standard InChI is InChI=1S/C14H21NO2S/c1-9-5-6-12(7-10(9)2)14(17)15-11(3)13(8-16)18-4/h5-7,11,13,16H,8H2,1-4H3,(H,15,17). The second-order valence-corrected chi connectivity index (χ2v) is 5.59. The predicted molar refractivity (Wildman–Crippen MR) is 77.2 cm³/mol. The first-order chi connectivity index (χ1) is 8.49. The number of aliphatic hydroxyl groups is 1. The molecule has 1 aromatic rings. The van der Waals surface area contributed by atoms with Crippen molar-refractivity contribution < 1.29 is 9.90 Å². The molecule has 0 saturated carbocycles. The van der Waals surface area contributed by atoms with Crippen molar-refractivity contribution >= 4 is 17.7 Å². The van der Waals surface area contributed by atoms with Gasteiger partial charge in [-0.2, -0.15) is 11.8 Å². The fourth-order valence-electron chi connectivity index (χ4n) is 1.70. The molecule has 2 atom stereocenters. The molecule has 0 aliphatic heterocycles. The monoisotopic (exact) mass is 267 g/mol. The summed E-state index contributed by atoms with van der Waals surface area (Å²) in [6.45, 7) is 6.00. The van der Waals surface area contributed by atoms with E-state index in [1.165, 1.54) is 5.56 Å². The van der Waals surface area contributed by atoms with Gasteiger partial charge in [0.05, 0.1) is 6.61 Å². The van der Waals surface area contributed by atoms with Crippen LogP contribution in [-0.2, 0) is 0 Å². The number of aryl methyl sites for hydroxylation is 2. The summed E-state index contributed by atoms with van der Waals surface area (Å²) in [5.74, 6) is -0.0851. The van der Waals surface area contributed by atoms with Crippen molar-refractivity contribution in [2.75, 3.05) is 12.9 Å². The first-order valence-corrected chi connectivity index (χ1v) is 7.30. The summed E-state index contributed by atoms with van der Waals surface area (Å²) < 4.78 is 0. The van der Waals surface area contributed by atoms with Crippen molar-refractivity contribution in [2.24, 2.45) is 0 Å². The molecule has 0 aliphatic rings. The Morgan fingerprint density at radius 2 is 2.06 bits per heavy atom. The summed E-state index contributed by atoms with van der Waals surface area (Å²) in [7, 11) is 0. The quantitative estimate of drug-likeness (QED) is 0.859. The third kappa shape index (κ3) is 3.75. The number of rotatable bonds is 5. The number of carbonyl (C=O) groups is 1. The van der Waals surface area contributed by atoms with Gasteiger partial charge in [-0.05, 0) is 50.3 Å². The first kappa shape index (κ1) is 15.1. The minimum atomic E-state index is -0.0851. The minimum Gasteiger partial charge on any atom is -0.395 e. The van der Waals surface area contributed by atoms with E-state index in [1.54, 1.807) is 11.8 Å². The fraction of sp³-hybridized carbons (Fsp3) is 0.500. The molecule has 0 bridgehead atoms. The molecule has 18 heavy (non-hydrogen) atoms. The van der Waals surface area contributed by atoms with Crippen LogP contribution in [0, 0.1) is 13.8 Å². The minimum absolute atomic E-state index is 0.0282. The molecule has 2 N–H and O–H groups in total. The lowest BCUT2D eigenvalue weighted by Crippen LogP contribution is -2.41. The molecular formula is C14H21NO2S. The Morgan fingerprint density at radius 1 is 1.39 bits per heavy atom. The van der Waals surface area contributed by atoms with Gasteiger partial charge in [0.15, 0.2) is 0 Å². The van der Waals surface area contributed by atoms with Crippen molar-refractivity contribution in [3.63, 3.8) is 0 Å². The lowest BCUT2D eigenvalue weighted by atomic mass is 10.1. The van der Waals surface area contributed by atoms with Crippen LogP contribution in [0.4, 0.5) is 0 Å². The number of carbonyl (C=O) groups excluding carboxylic acids is 1. The number of hydrogen-bond acceptors (Lipinski definition) is 3. The molecule has 1 amide bonds. The molecular weight excluding hydrogens is 246 g/mol. The number of aliphatic hydroxyl groups excluding tert-OH is 1. The van der Waals surface area contributed by atoms with E-state index in [2.05, 4.69) is 5.32 Å². The molecule has 0 spiro atoms. The van der Waals surface area contributed by atoms with Crippen LogP contribution >= 0.6 is 11.8 Å². The van der Waals surface area contributed by atoms with E-state index in [4.69, 9.17) is 0 Å². The zero-order valence-electron chi connectivity index (χ0n) is 11.4. The van der Waals surface area contributed by atoms with Crippen molar-refractivity contribution in [1.29, 1.82) is 0 Å². The number of benzene rings is 1. The number of thioether (sulfide) groups is 1. The van der Waals surface area contributed by atoms with E-state index in [-0.39, 0.29) is 23.8 Å². The third-order valence-electron chi connectivity index (χ3n) is 3.17. The van der Waals surface area contributed by atoms with E-state index >= 15 is 0 Å². The molecule has 3 nitrogen and oxygen atoms in total. The van der Waals surface area contributed by atoms with Crippen LogP contribution in [-0.4, -0.2) is 35.2 Å². The number of nitrogens with one attached hydrogen (secondary N) is 1. The molecule has 0 heterocycles. The lowest BCUT2D eigenvalue weighted by Gasteiger charge is -2.21. The molecule has 1 aromatic carbocycles. The maximum atomic E-state index is 12.1. The predicted octanol–water partition coefficient (Wildman–Crippen LogP) is 2.15. The smallest absolute Gasteiger partial charge is 0.251 e. The molecule has 0 saturated heterocycles. The van der Waals surface area contributed by atoms with Gasteiger partial charge in [-0.1, -0.05) is 6.07 Å². The highest BCUT2D eigenvalue weighted by Crippen LogP contribution is 2.13. The molecule has 100 valence electrons. The maximum absolute atomic E-state index is 12.1. The average Bonchev–Trinajstić information content (AvgIpc) is 2.34. The summed E-state index contributed by atoms with van der Waals surface area (Å²) in [5.41, 5.74) is 2.96. The van der Waals surface area contributed by atoms with Gasteiger partial charge in [0.2, 0.25) is 0 Å². The van der Waals surface area contributed by atoms with Gasteiger partial charge in [0.1, 0.15) is 0 Å². The Hall–Kier alpha value is -1.00. The first-order valence-electron chi connectivity index (χ1n) is 6.01. The Morgan fingerprint density at radius 3 is 2.56 bits per heavy atom. The van der Waals surface area contributed by atoms with Crippen LogP contribution in [0.25, 0.3) is 0 Å². The van der Waals surface area contributed by atoms with E-state index in [0.717, 1.165) is 5.56 Å². The topological polar surface area (TPSA) is 49.3 Å². The summed E-state index contributed by atoms with van der Waals surface area (Å²) >= 11 is 1.56. The van der Waals surface area contributed by atoms with Crippen LogP contribution in [0.5, 0.6) is 0 Å². The van der Waals surface area contributed by atoms with E-state index in [1.807, 2.05) is 45.2 Å². The van der Waals surface area contributed by atoms with Crippen LogP contribution in [0.15, 0.2) is 18.2 Å². The third-order valence-corrected chi connectivity index (χ3v) is 4.33. The molecule has 0 fully saturated rings. The van der Waals surface area contributed by atoms with Crippen molar-refractivity contribution in [3.05, 3.63) is 34.9 Å². The second-order valence-electron chi connectivity index (χ2n) is 4.52. The van der Waals surface area contributed by atoms with E-state index < -0.39 is 0 Å². The van der Waals surface area contributed by atoms with Gasteiger partial charge in [-0.25, -0.2) is 0 Å². The lowest BCUT2D eigenvalue weighted by molar-refractivity contribution is 0.0936. The van der Waals surface area contributed by atoms with E-state index in [0.29, 0.717) is 5.56 Å². The molecule has 1 rings (SSSR count). The average molecular weight is 267 g/mol. The summed E-state index contributed by atoms with van der Waals surface area (Å²) in [6.07, 6.45) is 1.93. The highest BCUT2D eigenvalue weighted by atomic mass is 32.2. The van der Waals surface area contributed by atoms with Gasteiger partial charge in [-0.3, -0.25) is 4.79 Å². The zero-order valence-corrected chi connectivity index (χ0v) is 12.2. The summed E-state index contributed by atoms with van der Waals surface area (Å²) in [6, 6.07) is 5.62. The normalized spacial score (nSPS) is 14.1. The van der Waals surface area contributed by atoms with E-state index in [9.17, 15) is 9.90 Å². The molecule has 0 radical (unpaired) electrons. The van der Waals surface area contributed by atoms with Crippen molar-refractivity contribution in [3.8, 4) is 0 Å². The number of hydrogen-bond donors (Lipinski definition) is 2. The second kappa shape index (κ2) is 6.81. The highest BCUT2D eigenvalue weighted by molar-refractivity contribution is 7.99. The summed E-state index contributed by atoms with van der Waals surface area (Å²) in [4.78, 5) is 12.1. The maximum Gasteiger partial charge on any atom is 0.251 e. The Bertz CT molecular complexity index is 416. The fourth-order valence-corrected chi connectivity index (χ4v) is 2.33. The van der Waals surface area contributed by atoms with Gasteiger partial charge >= 0.3 is 0 Å². The van der Waals surface area contributed by atoms with Crippen molar-refractivity contribution in [1.82, 2.24) is 5.32 Å². The SMILES string of the molecule is CSC(CO)C(C)NC(=O)c1ccc(C)c(C)c1. The van der Waals surface area contributed by atoms with Gasteiger partial charge < -0.3 is 10.4 Å². The number of amides is 1. The molecule has 0 aromatic heterocycles. The molecule has 2 unspecified atom stereocenters. The Balaban J connectivity index is 2.73. The van der Waals surface area contributed by atoms with Gasteiger partial charge in [0, 0.05) is 16.9 Å². The van der Waals surface area contributed by atoms with Crippen molar-refractivity contribution in [2.45, 2.75) is 32.1 Å². The summed E-state index contributed by atoms with van der Waals surface area (Å²) in [5, 5.41) is 12.1. The largest absolute Gasteiger partial charge is 0.395 e. The van der Waals surface area contributed by atoms with Gasteiger partial charge in [-0.15, -0.1) is 0 Å². The van der Waals surface area contributed by atoms with Gasteiger partial charge in [0.25, 0.3) is 5.91 Å². The zero-order chi connectivity index (χ0) is 13.7. The molecule has 4 heteroatoms.